The van der Waals surface area contributed by atoms with Crippen molar-refractivity contribution in [2.24, 2.45) is 0 Å². The summed E-state index contributed by atoms with van der Waals surface area (Å²) in [7, 11) is 2.74. The average Bonchev–Trinajstić information content (AvgIpc) is 2.41. The fourth-order valence-corrected chi connectivity index (χ4v) is 2.88. The number of nitrogens with one attached hydrogen (secondary N) is 1. The first kappa shape index (κ1) is 15.2. The van der Waals surface area contributed by atoms with Crippen LogP contribution in [0.25, 0.3) is 0 Å². The monoisotopic (exact) mass is 287 g/mol. The van der Waals surface area contributed by atoms with E-state index in [0.29, 0.717) is 6.42 Å². The highest BCUT2D eigenvalue weighted by atomic mass is 31.0. The number of hydrogen-bond acceptors (Lipinski definition) is 4. The molecule has 0 aromatic heterocycles. The van der Waals surface area contributed by atoms with Crippen LogP contribution in [0, 0.1) is 0 Å². The van der Waals surface area contributed by atoms with E-state index in [2.05, 4.69) is 31.2 Å². The Morgan fingerprint density at radius 3 is 2.53 bits per heavy atom. The molecule has 1 unspecified atom stereocenters. The number of carbonyl (C=O) groups is 1. The maximum Gasteiger partial charge on any atom is 0.221 e. The largest absolute Gasteiger partial charge is 0.379 e. The first-order valence-corrected chi connectivity index (χ1v) is 7.70. The van der Waals surface area contributed by atoms with Crippen LogP contribution in [0.3, 0.4) is 0 Å². The van der Waals surface area contributed by atoms with Crippen LogP contribution < -0.4 is 5.32 Å². The van der Waals surface area contributed by atoms with Gasteiger partial charge in [0.15, 0.2) is 0 Å². The summed E-state index contributed by atoms with van der Waals surface area (Å²) >= 11 is 0. The standard InChI is InChI=1S/C13H26N3O2P/c1-13(3-6-16(19)7-4-13)14-12(17)2-5-15-8-10-18-11-9-15/h2-11,19H2,1H3,(H,14,17). The van der Waals surface area contributed by atoms with Gasteiger partial charge in [0, 0.05) is 44.7 Å². The Hall–Kier alpha value is -0.220. The van der Waals surface area contributed by atoms with E-state index in [-0.39, 0.29) is 11.4 Å². The lowest BCUT2D eigenvalue weighted by Crippen LogP contribution is -2.52. The third-order valence-corrected chi connectivity index (χ3v) is 4.62. The molecule has 6 heteroatoms. The fourth-order valence-electron chi connectivity index (χ4n) is 2.63. The van der Waals surface area contributed by atoms with Gasteiger partial charge < -0.3 is 10.1 Å². The molecular formula is C13H26N3O2P. The molecule has 2 rings (SSSR count). The normalized spacial score (nSPS) is 25.2. The second kappa shape index (κ2) is 6.98. The number of nitrogens with zero attached hydrogens (tertiary/aromatic N) is 2. The van der Waals surface area contributed by atoms with E-state index in [9.17, 15) is 4.79 Å². The van der Waals surface area contributed by atoms with E-state index >= 15 is 0 Å². The molecule has 0 aliphatic carbocycles. The van der Waals surface area contributed by atoms with Gasteiger partial charge in [0.2, 0.25) is 5.91 Å². The molecule has 0 radical (unpaired) electrons. The van der Waals surface area contributed by atoms with Gasteiger partial charge in [-0.05, 0) is 19.8 Å². The molecule has 0 saturated carbocycles. The third kappa shape index (κ3) is 4.99. The van der Waals surface area contributed by atoms with Crippen molar-refractivity contribution >= 4 is 15.3 Å². The lowest BCUT2D eigenvalue weighted by molar-refractivity contribution is -0.123. The van der Waals surface area contributed by atoms with Gasteiger partial charge in [-0.25, -0.2) is 0 Å². The number of rotatable bonds is 4. The molecule has 0 bridgehead atoms. The maximum atomic E-state index is 12.1. The summed E-state index contributed by atoms with van der Waals surface area (Å²) in [5.41, 5.74) is -0.0187. The quantitative estimate of drug-likeness (QED) is 0.764. The third-order valence-electron chi connectivity index (χ3n) is 4.10. The van der Waals surface area contributed by atoms with Crippen molar-refractivity contribution in [1.82, 2.24) is 14.9 Å². The van der Waals surface area contributed by atoms with Crippen LogP contribution in [-0.2, 0) is 9.53 Å². The summed E-state index contributed by atoms with van der Waals surface area (Å²) in [6.45, 7) is 8.57. The Bertz CT molecular complexity index is 300. The second-order valence-corrected chi connectivity index (χ2v) is 6.58. The summed E-state index contributed by atoms with van der Waals surface area (Å²) in [4.78, 5) is 14.4. The summed E-state index contributed by atoms with van der Waals surface area (Å²) < 4.78 is 7.54. The van der Waals surface area contributed by atoms with E-state index in [0.717, 1.165) is 58.8 Å². The highest BCUT2D eigenvalue weighted by Gasteiger charge is 2.30. The van der Waals surface area contributed by atoms with Crippen molar-refractivity contribution in [3.63, 3.8) is 0 Å². The summed E-state index contributed by atoms with van der Waals surface area (Å²) in [5, 5.41) is 3.22. The Balaban J connectivity index is 1.68. The topological polar surface area (TPSA) is 44.8 Å². The maximum absolute atomic E-state index is 12.1. The molecule has 2 heterocycles. The highest BCUT2D eigenvalue weighted by Crippen LogP contribution is 2.23. The molecule has 2 aliphatic rings. The smallest absolute Gasteiger partial charge is 0.221 e. The molecule has 0 aromatic carbocycles. The molecule has 2 aliphatic heterocycles. The van der Waals surface area contributed by atoms with E-state index < -0.39 is 0 Å². The van der Waals surface area contributed by atoms with Gasteiger partial charge in [0.1, 0.15) is 0 Å². The van der Waals surface area contributed by atoms with E-state index in [1.54, 1.807) is 0 Å². The zero-order chi connectivity index (χ0) is 13.7. The minimum Gasteiger partial charge on any atom is -0.379 e. The first-order valence-electron chi connectivity index (χ1n) is 7.18. The summed E-state index contributed by atoms with van der Waals surface area (Å²) in [6.07, 6.45) is 2.65. The molecule has 1 amide bonds. The van der Waals surface area contributed by atoms with Crippen molar-refractivity contribution in [2.45, 2.75) is 31.7 Å². The van der Waals surface area contributed by atoms with Crippen LogP contribution in [0.5, 0.6) is 0 Å². The van der Waals surface area contributed by atoms with Gasteiger partial charge in [0.25, 0.3) is 0 Å². The average molecular weight is 287 g/mol. The van der Waals surface area contributed by atoms with Gasteiger partial charge in [-0.15, -0.1) is 0 Å². The number of hydrogen-bond donors (Lipinski definition) is 1. The Morgan fingerprint density at radius 1 is 1.26 bits per heavy atom. The van der Waals surface area contributed by atoms with Gasteiger partial charge in [-0.2, -0.15) is 0 Å². The van der Waals surface area contributed by atoms with Crippen molar-refractivity contribution < 1.29 is 9.53 Å². The van der Waals surface area contributed by atoms with Gasteiger partial charge in [-0.3, -0.25) is 14.4 Å². The van der Waals surface area contributed by atoms with Gasteiger partial charge in [0.05, 0.1) is 13.2 Å². The first-order chi connectivity index (χ1) is 9.07. The number of morpholine rings is 1. The molecular weight excluding hydrogens is 261 g/mol. The fraction of sp³-hybridized carbons (Fsp3) is 0.923. The number of carbonyl (C=O) groups excluding carboxylic acids is 1. The van der Waals surface area contributed by atoms with Crippen molar-refractivity contribution in [2.75, 3.05) is 45.9 Å². The lowest BCUT2D eigenvalue weighted by Gasteiger charge is -2.38. The second-order valence-electron chi connectivity index (χ2n) is 5.85. The molecule has 1 N–H and O–H groups in total. The predicted molar refractivity (Wildman–Crippen MR) is 78.9 cm³/mol. The van der Waals surface area contributed by atoms with Crippen molar-refractivity contribution in [3.8, 4) is 0 Å². The summed E-state index contributed by atoms with van der Waals surface area (Å²) in [5.74, 6) is 0.186. The number of ether oxygens (including phenoxy) is 1. The van der Waals surface area contributed by atoms with E-state index in [1.807, 2.05) is 0 Å². The Morgan fingerprint density at radius 2 is 1.89 bits per heavy atom. The molecule has 5 nitrogen and oxygen atoms in total. The van der Waals surface area contributed by atoms with Crippen molar-refractivity contribution in [1.29, 1.82) is 0 Å². The predicted octanol–water partition coefficient (Wildman–Crippen LogP) is 0.470. The molecule has 1 atom stereocenters. The van der Waals surface area contributed by atoms with Crippen LogP contribution in [0.2, 0.25) is 0 Å². The van der Waals surface area contributed by atoms with E-state index in [4.69, 9.17) is 4.74 Å². The molecule has 110 valence electrons. The molecule has 0 aromatic rings. The van der Waals surface area contributed by atoms with E-state index in [1.165, 1.54) is 0 Å². The van der Waals surface area contributed by atoms with Crippen LogP contribution >= 0.6 is 9.39 Å². The Labute approximate surface area is 118 Å². The van der Waals surface area contributed by atoms with Crippen molar-refractivity contribution in [3.05, 3.63) is 0 Å². The van der Waals surface area contributed by atoms with Gasteiger partial charge >= 0.3 is 0 Å². The molecule has 0 spiro atoms. The zero-order valence-corrected chi connectivity index (χ0v) is 13.0. The highest BCUT2D eigenvalue weighted by molar-refractivity contribution is 7.13. The summed E-state index contributed by atoms with van der Waals surface area (Å²) in [6, 6.07) is 0. The lowest BCUT2D eigenvalue weighted by atomic mass is 9.90. The van der Waals surface area contributed by atoms with Crippen LogP contribution in [0.15, 0.2) is 0 Å². The molecule has 2 saturated heterocycles. The van der Waals surface area contributed by atoms with Crippen LogP contribution in [-0.4, -0.2) is 67.0 Å². The molecule has 2 fully saturated rings. The minimum absolute atomic E-state index is 0.0187. The van der Waals surface area contributed by atoms with Crippen LogP contribution in [0.4, 0.5) is 0 Å². The van der Waals surface area contributed by atoms with Gasteiger partial charge in [-0.1, -0.05) is 9.39 Å². The minimum atomic E-state index is -0.0187. The molecule has 19 heavy (non-hydrogen) atoms. The van der Waals surface area contributed by atoms with Crippen LogP contribution in [0.1, 0.15) is 26.2 Å². The SMILES string of the molecule is CC1(NC(=O)CCN2CCOCC2)CCN(P)CC1. The number of piperidine rings is 1. The Kier molecular flexibility index (Phi) is 5.58. The zero-order valence-electron chi connectivity index (χ0n) is 11.9. The number of amides is 1.